The summed E-state index contributed by atoms with van der Waals surface area (Å²) < 4.78 is 25.6. The Balaban J connectivity index is 1.51. The van der Waals surface area contributed by atoms with Crippen molar-refractivity contribution in [2.24, 2.45) is 0 Å². The lowest BCUT2D eigenvalue weighted by Crippen LogP contribution is -2.46. The van der Waals surface area contributed by atoms with E-state index in [0.717, 1.165) is 5.56 Å². The number of nitriles is 1. The Labute approximate surface area is 288 Å². The molecule has 0 bridgehead atoms. The first kappa shape index (κ1) is 35.8. The highest BCUT2D eigenvalue weighted by molar-refractivity contribution is 6.74. The predicted molar refractivity (Wildman–Crippen MR) is 187 cm³/mol. The van der Waals surface area contributed by atoms with E-state index in [2.05, 4.69) is 62.3 Å². The van der Waals surface area contributed by atoms with Crippen molar-refractivity contribution in [1.29, 1.82) is 5.26 Å². The van der Waals surface area contributed by atoms with Crippen molar-refractivity contribution in [3.63, 3.8) is 0 Å². The smallest absolute Gasteiger partial charge is 0.414 e. The molecule has 12 nitrogen and oxygen atoms in total. The van der Waals surface area contributed by atoms with Crippen molar-refractivity contribution in [2.75, 3.05) is 43.2 Å². The Morgan fingerprint density at radius 2 is 1.96 bits per heavy atom. The molecule has 0 spiro atoms. The molecule has 14 heteroatoms. The summed E-state index contributed by atoms with van der Waals surface area (Å²) >= 11 is 6.28. The zero-order chi connectivity index (χ0) is 35.1. The highest BCUT2D eigenvalue weighted by atomic mass is 35.5. The van der Waals surface area contributed by atoms with E-state index >= 15 is 0 Å². The van der Waals surface area contributed by atoms with Gasteiger partial charge in [0.15, 0.2) is 13.5 Å². The molecular weight excluding hydrogens is 650 g/mol. The maximum absolute atomic E-state index is 13.6. The Bertz CT molecular complexity index is 1700. The third-order valence-corrected chi connectivity index (χ3v) is 13.7. The Hall–Kier alpha value is -3.54. The number of rotatable bonds is 8. The molecule has 1 aromatic carbocycles. The van der Waals surface area contributed by atoms with Crippen LogP contribution in [0.15, 0.2) is 30.5 Å². The molecule has 2 aliphatic rings. The molecule has 3 aromatic rings. The highest BCUT2D eigenvalue weighted by Crippen LogP contribution is 2.47. The SMILES string of the molecule is CC(C)(C)OC(=O)N1C[C@](C)(CO[Si](C)(C)C(C)(C)C)c2cc(-c3ccnc(Nc4cc(Cl)nn4C[C@H]4COCCO4)n3)cc(C#N)c21. The molecular formula is C34H46ClN7O5Si. The molecule has 2 atom stereocenters. The first-order valence-electron chi connectivity index (χ1n) is 16.2. The summed E-state index contributed by atoms with van der Waals surface area (Å²) in [4.78, 5) is 24.4. The fourth-order valence-corrected chi connectivity index (χ4v) is 6.75. The number of benzene rings is 1. The molecule has 0 radical (unpaired) electrons. The zero-order valence-corrected chi connectivity index (χ0v) is 31.1. The van der Waals surface area contributed by atoms with Crippen LogP contribution >= 0.6 is 11.6 Å². The second-order valence-corrected chi connectivity index (χ2v) is 20.4. The molecule has 1 N–H and O–H groups in total. The molecule has 0 saturated carbocycles. The van der Waals surface area contributed by atoms with Crippen molar-refractivity contribution in [1.82, 2.24) is 19.7 Å². The van der Waals surface area contributed by atoms with E-state index in [0.29, 0.717) is 78.9 Å². The molecule has 2 aromatic heterocycles. The second-order valence-electron chi connectivity index (χ2n) is 15.2. The molecule has 0 unspecified atom stereocenters. The van der Waals surface area contributed by atoms with Gasteiger partial charge in [0.2, 0.25) is 5.95 Å². The molecule has 1 fully saturated rings. The minimum atomic E-state index is -2.15. The van der Waals surface area contributed by atoms with Gasteiger partial charge in [-0.25, -0.2) is 19.4 Å². The standard InChI is InChI=1S/C34H46ClN7O5Si/c1-32(2,3)47-31(43)41-20-34(7,21-46-48(8,9)33(4,5)6)25-15-22(14-23(17-36)29(25)41)26-10-11-37-30(38-26)39-28-16-27(35)40-42(28)18-24-19-44-12-13-45-24/h10-11,14-16,24H,12-13,18-21H2,1-9H3,(H,37,38,39)/t24-,34+/m0/s1. The third-order valence-electron chi connectivity index (χ3n) is 9.03. The predicted octanol–water partition coefficient (Wildman–Crippen LogP) is 7.06. The normalized spacial score (nSPS) is 19.9. The average molecular weight is 696 g/mol. The summed E-state index contributed by atoms with van der Waals surface area (Å²) in [5, 5.41) is 18.4. The van der Waals surface area contributed by atoms with Gasteiger partial charge in [-0.3, -0.25) is 4.90 Å². The number of amides is 1. The molecule has 1 saturated heterocycles. The number of anilines is 3. The van der Waals surface area contributed by atoms with Crippen LogP contribution in [0.3, 0.4) is 0 Å². The van der Waals surface area contributed by atoms with Crippen LogP contribution in [0.5, 0.6) is 0 Å². The summed E-state index contributed by atoms with van der Waals surface area (Å²) in [6, 6.07) is 9.58. The first-order chi connectivity index (χ1) is 22.4. The molecule has 258 valence electrons. The van der Waals surface area contributed by atoms with Crippen LogP contribution in [0.25, 0.3) is 11.3 Å². The first-order valence-corrected chi connectivity index (χ1v) is 19.4. The van der Waals surface area contributed by atoms with E-state index in [-0.39, 0.29) is 11.1 Å². The van der Waals surface area contributed by atoms with Gasteiger partial charge in [0.25, 0.3) is 0 Å². The monoisotopic (exact) mass is 695 g/mol. The van der Waals surface area contributed by atoms with Crippen molar-refractivity contribution in [3.05, 3.63) is 46.7 Å². The number of nitrogens with zero attached hydrogens (tertiary/aromatic N) is 6. The summed E-state index contributed by atoms with van der Waals surface area (Å²) in [6.45, 7) is 21.3. The van der Waals surface area contributed by atoms with Gasteiger partial charge < -0.3 is 24.0 Å². The lowest BCUT2D eigenvalue weighted by Gasteiger charge is -2.39. The lowest BCUT2D eigenvalue weighted by molar-refractivity contribution is -0.0944. The quantitative estimate of drug-likeness (QED) is 0.244. The zero-order valence-electron chi connectivity index (χ0n) is 29.3. The number of aromatic nitrogens is 4. The van der Waals surface area contributed by atoms with Crippen LogP contribution in [-0.4, -0.2) is 78.8 Å². The molecule has 48 heavy (non-hydrogen) atoms. The summed E-state index contributed by atoms with van der Waals surface area (Å²) in [5.41, 5.74) is 1.69. The summed E-state index contributed by atoms with van der Waals surface area (Å²) in [6.07, 6.45) is 0.989. The van der Waals surface area contributed by atoms with Gasteiger partial charge >= 0.3 is 6.09 Å². The van der Waals surface area contributed by atoms with E-state index in [1.54, 1.807) is 34.0 Å². The topological polar surface area (TPSA) is 137 Å². The number of nitrogens with one attached hydrogen (secondary N) is 1. The van der Waals surface area contributed by atoms with Gasteiger partial charge in [0.05, 0.1) is 43.3 Å². The van der Waals surface area contributed by atoms with Gasteiger partial charge in [-0.2, -0.15) is 10.4 Å². The number of carbonyl (C=O) groups is 1. The number of hydrogen-bond donors (Lipinski definition) is 1. The molecule has 5 rings (SSSR count). The van der Waals surface area contributed by atoms with Crippen molar-refractivity contribution < 1.29 is 23.4 Å². The summed E-state index contributed by atoms with van der Waals surface area (Å²) in [5.74, 6) is 0.922. The van der Waals surface area contributed by atoms with Gasteiger partial charge in [-0.1, -0.05) is 39.3 Å². The molecule has 0 aliphatic carbocycles. The van der Waals surface area contributed by atoms with Crippen LogP contribution in [-0.2, 0) is 30.6 Å². The van der Waals surface area contributed by atoms with Crippen molar-refractivity contribution in [3.8, 4) is 17.3 Å². The number of fused-ring (bicyclic) bond motifs is 1. The molecule has 2 aliphatic heterocycles. The lowest BCUT2D eigenvalue weighted by atomic mass is 9.83. The van der Waals surface area contributed by atoms with Gasteiger partial charge in [0, 0.05) is 36.4 Å². The van der Waals surface area contributed by atoms with E-state index in [9.17, 15) is 10.1 Å². The minimum Gasteiger partial charge on any atom is -0.443 e. The average Bonchev–Trinajstić information content (AvgIpc) is 3.50. The minimum absolute atomic E-state index is 0.00349. The van der Waals surface area contributed by atoms with Gasteiger partial charge in [0.1, 0.15) is 23.6 Å². The molecule has 1 amide bonds. The number of ether oxygens (including phenoxy) is 3. The highest BCUT2D eigenvalue weighted by Gasteiger charge is 2.47. The van der Waals surface area contributed by atoms with Crippen molar-refractivity contribution >= 4 is 43.5 Å². The second kappa shape index (κ2) is 13.4. The van der Waals surface area contributed by atoms with Crippen molar-refractivity contribution in [2.45, 2.75) is 90.3 Å². The molecule has 4 heterocycles. The maximum Gasteiger partial charge on any atom is 0.414 e. The van der Waals surface area contributed by atoms with E-state index in [1.807, 2.05) is 26.8 Å². The van der Waals surface area contributed by atoms with Crippen LogP contribution in [0.1, 0.15) is 59.6 Å². The summed E-state index contributed by atoms with van der Waals surface area (Å²) in [7, 11) is -2.15. The fourth-order valence-electron chi connectivity index (χ4n) is 5.44. The van der Waals surface area contributed by atoms with Crippen LogP contribution in [0, 0.1) is 11.3 Å². The third kappa shape index (κ3) is 7.84. The Morgan fingerprint density at radius 3 is 2.60 bits per heavy atom. The Kier molecular flexibility index (Phi) is 9.98. The van der Waals surface area contributed by atoms with E-state index in [4.69, 9.17) is 35.2 Å². The number of halogens is 1. The largest absolute Gasteiger partial charge is 0.443 e. The number of hydrogen-bond acceptors (Lipinski definition) is 10. The Morgan fingerprint density at radius 1 is 1.21 bits per heavy atom. The van der Waals surface area contributed by atoms with Gasteiger partial charge in [-0.15, -0.1) is 0 Å². The van der Waals surface area contributed by atoms with Crippen LogP contribution in [0.2, 0.25) is 23.3 Å². The van der Waals surface area contributed by atoms with E-state index in [1.165, 1.54) is 0 Å². The number of carbonyl (C=O) groups excluding carboxylic acids is 1. The van der Waals surface area contributed by atoms with Gasteiger partial charge in [-0.05, 0) is 62.7 Å². The van der Waals surface area contributed by atoms with Crippen LogP contribution in [0.4, 0.5) is 22.2 Å². The maximum atomic E-state index is 13.6. The van der Waals surface area contributed by atoms with Crippen LogP contribution < -0.4 is 10.2 Å². The van der Waals surface area contributed by atoms with E-state index < -0.39 is 25.4 Å². The fraction of sp³-hybridized carbons (Fsp3) is 0.559.